The highest BCUT2D eigenvalue weighted by Gasteiger charge is 2.50. The molecular weight excluding hydrogens is 412 g/mol. The summed E-state index contributed by atoms with van der Waals surface area (Å²) in [5.74, 6) is 0.770. The van der Waals surface area contributed by atoms with Gasteiger partial charge in [-0.2, -0.15) is 4.31 Å². The van der Waals surface area contributed by atoms with Crippen LogP contribution in [0, 0.1) is 5.41 Å². The zero-order valence-electron chi connectivity index (χ0n) is 18.4. The molecule has 2 aromatic carbocycles. The molecule has 6 nitrogen and oxygen atoms in total. The van der Waals surface area contributed by atoms with Crippen LogP contribution in [0.1, 0.15) is 32.3 Å². The molecule has 0 atom stereocenters. The van der Waals surface area contributed by atoms with Crippen LogP contribution in [-0.4, -0.2) is 56.8 Å². The molecule has 2 aliphatic heterocycles. The summed E-state index contributed by atoms with van der Waals surface area (Å²) in [5, 5.41) is 0. The van der Waals surface area contributed by atoms with Gasteiger partial charge in [-0.3, -0.25) is 4.79 Å². The summed E-state index contributed by atoms with van der Waals surface area (Å²) >= 11 is 0. The highest BCUT2D eigenvalue weighted by molar-refractivity contribution is 7.89. The molecular formula is C24H30N2O4S. The van der Waals surface area contributed by atoms with E-state index in [2.05, 4.69) is 0 Å². The van der Waals surface area contributed by atoms with E-state index in [9.17, 15) is 13.2 Å². The van der Waals surface area contributed by atoms with Crippen molar-refractivity contribution in [3.8, 4) is 5.75 Å². The van der Waals surface area contributed by atoms with Gasteiger partial charge in [-0.1, -0.05) is 30.3 Å². The van der Waals surface area contributed by atoms with Gasteiger partial charge >= 0.3 is 0 Å². The number of likely N-dealkylation sites (tertiary alicyclic amines) is 1. The Morgan fingerprint density at radius 2 is 1.55 bits per heavy atom. The normalized spacial score (nSPS) is 19.1. The van der Waals surface area contributed by atoms with Gasteiger partial charge in [0.25, 0.3) is 0 Å². The van der Waals surface area contributed by atoms with Gasteiger partial charge in [-0.25, -0.2) is 8.42 Å². The summed E-state index contributed by atoms with van der Waals surface area (Å²) in [6, 6.07) is 16.4. The molecule has 2 aromatic rings. The number of piperidine rings is 1. The van der Waals surface area contributed by atoms with Crippen LogP contribution in [0.15, 0.2) is 59.5 Å². The third kappa shape index (κ3) is 3.96. The molecule has 2 fully saturated rings. The molecule has 2 heterocycles. The number of carbonyl (C=O) groups excluding carboxylic acids is 1. The smallest absolute Gasteiger partial charge is 0.243 e. The van der Waals surface area contributed by atoms with Crippen LogP contribution >= 0.6 is 0 Å². The number of amides is 1. The number of carbonyl (C=O) groups is 1. The van der Waals surface area contributed by atoms with Gasteiger partial charge in [0, 0.05) is 31.6 Å². The summed E-state index contributed by atoms with van der Waals surface area (Å²) in [7, 11) is -1.96. The van der Waals surface area contributed by atoms with Gasteiger partial charge in [-0.05, 0) is 56.5 Å². The van der Waals surface area contributed by atoms with Gasteiger partial charge in [0.1, 0.15) is 5.75 Å². The molecule has 0 saturated carbocycles. The van der Waals surface area contributed by atoms with Crippen molar-refractivity contribution in [2.45, 2.75) is 37.0 Å². The van der Waals surface area contributed by atoms with Crippen LogP contribution in [0.5, 0.6) is 5.75 Å². The fourth-order valence-electron chi connectivity index (χ4n) is 4.69. The second kappa shape index (κ2) is 7.95. The van der Waals surface area contributed by atoms with E-state index in [1.54, 1.807) is 35.7 Å². The Bertz CT molecular complexity index is 1030. The second-order valence-electron chi connectivity index (χ2n) is 9.23. The Hall–Kier alpha value is -2.38. The van der Waals surface area contributed by atoms with E-state index >= 15 is 0 Å². The Labute approximate surface area is 184 Å². The molecule has 0 bridgehead atoms. The van der Waals surface area contributed by atoms with E-state index in [0.29, 0.717) is 36.8 Å². The first-order valence-electron chi connectivity index (χ1n) is 10.7. The lowest BCUT2D eigenvalue weighted by atomic mass is 9.70. The zero-order valence-corrected chi connectivity index (χ0v) is 19.2. The second-order valence-corrected chi connectivity index (χ2v) is 11.2. The van der Waals surface area contributed by atoms with E-state index < -0.39 is 15.4 Å². The molecule has 0 aliphatic carbocycles. The predicted octanol–water partition coefficient (Wildman–Crippen LogP) is 3.29. The number of sulfonamides is 1. The number of rotatable bonds is 5. The third-order valence-corrected chi connectivity index (χ3v) is 8.76. The predicted molar refractivity (Wildman–Crippen MR) is 119 cm³/mol. The summed E-state index contributed by atoms with van der Waals surface area (Å²) in [6.07, 6.45) is 1.55. The quantitative estimate of drug-likeness (QED) is 0.713. The SMILES string of the molecule is COc1ccc(S(=O)(=O)N2CCC3(CC2)CN(C(=O)C(C)(C)c2ccccc2)C3)cc1. The van der Waals surface area contributed by atoms with Gasteiger partial charge in [0.15, 0.2) is 0 Å². The van der Waals surface area contributed by atoms with Crippen LogP contribution in [-0.2, 0) is 20.2 Å². The van der Waals surface area contributed by atoms with E-state index in [1.165, 1.54) is 0 Å². The first-order chi connectivity index (χ1) is 14.7. The minimum absolute atomic E-state index is 0.0361. The third-order valence-electron chi connectivity index (χ3n) is 6.85. The van der Waals surface area contributed by atoms with Crippen LogP contribution in [0.2, 0.25) is 0 Å². The number of hydrogen-bond donors (Lipinski definition) is 0. The number of methoxy groups -OCH3 is 1. The lowest BCUT2D eigenvalue weighted by Gasteiger charge is -2.55. The van der Waals surface area contributed by atoms with E-state index in [-0.39, 0.29) is 11.3 Å². The van der Waals surface area contributed by atoms with Crippen molar-refractivity contribution in [3.05, 3.63) is 60.2 Å². The number of ether oxygens (including phenoxy) is 1. The number of hydrogen-bond acceptors (Lipinski definition) is 4. The zero-order chi connectivity index (χ0) is 22.3. The van der Waals surface area contributed by atoms with Gasteiger partial charge in [0.2, 0.25) is 15.9 Å². The molecule has 0 aromatic heterocycles. The fourth-order valence-corrected chi connectivity index (χ4v) is 6.14. The Balaban J connectivity index is 1.37. The van der Waals surface area contributed by atoms with Gasteiger partial charge < -0.3 is 9.64 Å². The van der Waals surface area contributed by atoms with E-state index in [0.717, 1.165) is 18.4 Å². The van der Waals surface area contributed by atoms with Crippen molar-refractivity contribution in [3.63, 3.8) is 0 Å². The summed E-state index contributed by atoms with van der Waals surface area (Å²) in [4.78, 5) is 15.4. The lowest BCUT2D eigenvalue weighted by Crippen LogP contribution is -2.64. The van der Waals surface area contributed by atoms with E-state index in [1.807, 2.05) is 49.1 Å². The standard InChI is InChI=1S/C24H30N2O4S/c1-23(2,19-7-5-4-6-8-19)22(27)25-17-24(18-25)13-15-26(16-14-24)31(28,29)21-11-9-20(30-3)10-12-21/h4-12H,13-18H2,1-3H3. The Morgan fingerprint density at radius 3 is 2.10 bits per heavy atom. The molecule has 2 saturated heterocycles. The highest BCUT2D eigenvalue weighted by atomic mass is 32.2. The van der Waals surface area contributed by atoms with Crippen LogP contribution in [0.4, 0.5) is 0 Å². The van der Waals surface area contributed by atoms with Crippen LogP contribution < -0.4 is 4.74 Å². The molecule has 1 spiro atoms. The molecule has 0 N–H and O–H groups in total. The maximum absolute atomic E-state index is 13.1. The summed E-state index contributed by atoms with van der Waals surface area (Å²) < 4.78 is 32.7. The highest BCUT2D eigenvalue weighted by Crippen LogP contribution is 2.43. The minimum Gasteiger partial charge on any atom is -0.497 e. The van der Waals surface area contributed by atoms with E-state index in [4.69, 9.17) is 4.74 Å². The maximum atomic E-state index is 13.1. The van der Waals surface area contributed by atoms with Crippen molar-refractivity contribution in [2.24, 2.45) is 5.41 Å². The Morgan fingerprint density at radius 1 is 0.968 bits per heavy atom. The maximum Gasteiger partial charge on any atom is 0.243 e. The minimum atomic E-state index is -3.51. The molecule has 2 aliphatic rings. The van der Waals surface area contributed by atoms with Crippen molar-refractivity contribution >= 4 is 15.9 Å². The fraction of sp³-hybridized carbons (Fsp3) is 0.458. The molecule has 0 radical (unpaired) electrons. The topological polar surface area (TPSA) is 66.9 Å². The first-order valence-corrected chi connectivity index (χ1v) is 12.1. The van der Waals surface area contributed by atoms with Gasteiger partial charge in [-0.15, -0.1) is 0 Å². The lowest BCUT2D eigenvalue weighted by molar-refractivity contribution is -0.151. The molecule has 4 rings (SSSR count). The number of nitrogens with zero attached hydrogens (tertiary/aromatic N) is 2. The average Bonchev–Trinajstić information content (AvgIpc) is 2.77. The van der Waals surface area contributed by atoms with Crippen molar-refractivity contribution in [1.29, 1.82) is 0 Å². The molecule has 31 heavy (non-hydrogen) atoms. The first kappa shape index (κ1) is 21.8. The van der Waals surface area contributed by atoms with Crippen molar-refractivity contribution in [1.82, 2.24) is 9.21 Å². The average molecular weight is 443 g/mol. The number of benzene rings is 2. The van der Waals surface area contributed by atoms with Crippen molar-refractivity contribution in [2.75, 3.05) is 33.3 Å². The molecule has 0 unspecified atom stereocenters. The van der Waals surface area contributed by atoms with Crippen LogP contribution in [0.25, 0.3) is 0 Å². The largest absolute Gasteiger partial charge is 0.497 e. The monoisotopic (exact) mass is 442 g/mol. The van der Waals surface area contributed by atoms with Gasteiger partial charge in [0.05, 0.1) is 17.4 Å². The van der Waals surface area contributed by atoms with Crippen LogP contribution in [0.3, 0.4) is 0 Å². The molecule has 166 valence electrons. The molecule has 1 amide bonds. The van der Waals surface area contributed by atoms with Crippen molar-refractivity contribution < 1.29 is 17.9 Å². The Kier molecular flexibility index (Phi) is 5.60. The molecule has 7 heteroatoms. The summed E-state index contributed by atoms with van der Waals surface area (Å²) in [5.41, 5.74) is 0.483. The summed E-state index contributed by atoms with van der Waals surface area (Å²) in [6.45, 7) is 6.33.